The van der Waals surface area contributed by atoms with Gasteiger partial charge in [0.25, 0.3) is 0 Å². The van der Waals surface area contributed by atoms with Crippen LogP contribution in [0.1, 0.15) is 77.8 Å². The van der Waals surface area contributed by atoms with Gasteiger partial charge in [0.15, 0.2) is 0 Å². The Balaban J connectivity index is 2.19. The van der Waals surface area contributed by atoms with Crippen molar-refractivity contribution in [3.05, 3.63) is 71.8 Å². The monoisotopic (exact) mass is 566 g/mol. The Bertz CT molecular complexity index is 1070. The fourth-order valence-corrected chi connectivity index (χ4v) is 5.12. The van der Waals surface area contributed by atoms with Crippen molar-refractivity contribution in [1.82, 2.24) is 15.5 Å². The van der Waals surface area contributed by atoms with E-state index in [0.29, 0.717) is 0 Å². The average Bonchev–Trinajstić information content (AvgIpc) is 2.92. The summed E-state index contributed by atoms with van der Waals surface area (Å²) in [7, 11) is 0. The highest BCUT2D eigenvalue weighted by Gasteiger charge is 2.35. The van der Waals surface area contributed by atoms with Crippen LogP contribution in [0.25, 0.3) is 0 Å². The average molecular weight is 567 g/mol. The van der Waals surface area contributed by atoms with Crippen molar-refractivity contribution >= 4 is 17.9 Å². The highest BCUT2D eigenvalue weighted by molar-refractivity contribution is 5.86. The largest absolute Gasteiger partial charge is 0.530 e. The minimum atomic E-state index is -1.40. The van der Waals surface area contributed by atoms with Crippen molar-refractivity contribution in [2.45, 2.75) is 97.9 Å². The molecule has 3 amide bonds. The number of carbonyl (C=O) groups excluding carboxylic acids is 3. The molecule has 8 nitrogen and oxygen atoms in total. The molecule has 0 heterocycles. The lowest BCUT2D eigenvalue weighted by atomic mass is 9.77. The van der Waals surface area contributed by atoms with Crippen molar-refractivity contribution in [3.63, 3.8) is 0 Å². The Labute approximate surface area is 245 Å². The minimum Gasteiger partial charge on any atom is -0.530 e. The number of rotatable bonds is 16. The molecule has 0 aliphatic carbocycles. The van der Waals surface area contributed by atoms with Crippen LogP contribution in [0.2, 0.25) is 0 Å². The lowest BCUT2D eigenvalue weighted by Crippen LogP contribution is -2.55. The normalized spacial score (nSPS) is 13.7. The lowest BCUT2D eigenvalue weighted by Gasteiger charge is -2.37. The second kappa shape index (κ2) is 16.8. The van der Waals surface area contributed by atoms with Gasteiger partial charge < -0.3 is 30.5 Å². The predicted molar refractivity (Wildman–Crippen MR) is 160 cm³/mol. The summed E-state index contributed by atoms with van der Waals surface area (Å²) in [5.74, 6) is -1.15. The molecule has 0 radical (unpaired) electrons. The molecular weight excluding hydrogens is 518 g/mol. The molecule has 2 rings (SSSR count). The van der Waals surface area contributed by atoms with E-state index in [9.17, 15) is 24.6 Å². The summed E-state index contributed by atoms with van der Waals surface area (Å²) >= 11 is 0. The molecule has 41 heavy (non-hydrogen) atoms. The molecule has 0 aliphatic heterocycles. The number of benzene rings is 2. The smallest absolute Gasteiger partial charge is 0.224 e. The molecule has 0 saturated heterocycles. The Hall–Kier alpha value is -3.39. The molecule has 2 aromatic rings. The molecule has 8 heteroatoms. The van der Waals surface area contributed by atoms with Gasteiger partial charge >= 0.3 is 0 Å². The number of aliphatic hydroxyl groups is 1. The standard InChI is InChI=1S/C33H49N3O5/c1-6-14-26(15-7-2)35-30(38)21-27(33(3,4)5)31(39)34-22-29(37)28(20-24-16-10-8-11-17-24)36(32(40)41)23-25-18-12-9-13-19-25/h8-13,16-19,26-29,37H,6-7,14-15,20-23H2,1-5H3,(H,34,39)(H,35,38)(H,40,41)/p-1/t27-,28-,29+/m0/s1. The summed E-state index contributed by atoms with van der Waals surface area (Å²) in [6, 6.07) is 17.6. The van der Waals surface area contributed by atoms with Gasteiger partial charge in [-0.25, -0.2) is 0 Å². The van der Waals surface area contributed by atoms with Gasteiger partial charge in [-0.3, -0.25) is 9.59 Å². The van der Waals surface area contributed by atoms with Gasteiger partial charge in [-0.1, -0.05) is 108 Å². The van der Waals surface area contributed by atoms with E-state index >= 15 is 0 Å². The molecule has 0 aromatic heterocycles. The Morgan fingerprint density at radius 2 is 1.44 bits per heavy atom. The summed E-state index contributed by atoms with van der Waals surface area (Å²) in [4.78, 5) is 39.7. The van der Waals surface area contributed by atoms with Crippen LogP contribution in [-0.2, 0) is 22.6 Å². The third kappa shape index (κ3) is 11.6. The van der Waals surface area contributed by atoms with E-state index < -0.39 is 29.6 Å². The second-order valence-corrected chi connectivity index (χ2v) is 11.9. The van der Waals surface area contributed by atoms with Gasteiger partial charge in [-0.2, -0.15) is 0 Å². The van der Waals surface area contributed by atoms with Crippen LogP contribution in [-0.4, -0.2) is 52.6 Å². The molecule has 226 valence electrons. The zero-order chi connectivity index (χ0) is 30.4. The summed E-state index contributed by atoms with van der Waals surface area (Å²) in [5.41, 5.74) is 1.10. The third-order valence-electron chi connectivity index (χ3n) is 7.44. The molecule has 2 aromatic carbocycles. The zero-order valence-electron chi connectivity index (χ0n) is 25.3. The molecule has 0 unspecified atom stereocenters. The van der Waals surface area contributed by atoms with Crippen LogP contribution < -0.4 is 15.7 Å². The van der Waals surface area contributed by atoms with E-state index in [0.717, 1.165) is 41.7 Å². The molecular formula is C33H48N3O5-. The van der Waals surface area contributed by atoms with Crippen LogP contribution in [0.15, 0.2) is 60.7 Å². The Kier molecular flexibility index (Phi) is 13.8. The maximum Gasteiger partial charge on any atom is 0.224 e. The van der Waals surface area contributed by atoms with Gasteiger partial charge in [0.05, 0.1) is 18.1 Å². The third-order valence-corrected chi connectivity index (χ3v) is 7.44. The number of aliphatic hydroxyl groups excluding tert-OH is 1. The molecule has 0 bridgehead atoms. The van der Waals surface area contributed by atoms with Crippen molar-refractivity contribution < 1.29 is 24.6 Å². The van der Waals surface area contributed by atoms with Crippen molar-refractivity contribution in [3.8, 4) is 0 Å². The lowest BCUT2D eigenvalue weighted by molar-refractivity contribution is -0.270. The number of amides is 3. The van der Waals surface area contributed by atoms with Gasteiger partial charge in [-0.05, 0) is 35.8 Å². The van der Waals surface area contributed by atoms with Crippen LogP contribution in [0.3, 0.4) is 0 Å². The minimum absolute atomic E-state index is 0.0297. The highest BCUT2D eigenvalue weighted by Crippen LogP contribution is 2.29. The summed E-state index contributed by atoms with van der Waals surface area (Å²) in [6.07, 6.45) is 1.35. The van der Waals surface area contributed by atoms with Crippen LogP contribution >= 0.6 is 0 Å². The fraction of sp³-hybridized carbons (Fsp3) is 0.545. The van der Waals surface area contributed by atoms with E-state index in [2.05, 4.69) is 24.5 Å². The van der Waals surface area contributed by atoms with E-state index in [1.165, 1.54) is 0 Å². The quantitative estimate of drug-likeness (QED) is 0.283. The first-order valence-electron chi connectivity index (χ1n) is 14.8. The van der Waals surface area contributed by atoms with Gasteiger partial charge in [0, 0.05) is 25.6 Å². The zero-order valence-corrected chi connectivity index (χ0v) is 25.3. The van der Waals surface area contributed by atoms with Gasteiger partial charge in [-0.15, -0.1) is 0 Å². The topological polar surface area (TPSA) is 122 Å². The molecule has 0 aliphatic rings. The highest BCUT2D eigenvalue weighted by atomic mass is 16.4. The predicted octanol–water partition coefficient (Wildman–Crippen LogP) is 4.06. The Morgan fingerprint density at radius 1 is 0.902 bits per heavy atom. The van der Waals surface area contributed by atoms with E-state index in [-0.39, 0.29) is 43.8 Å². The fourth-order valence-electron chi connectivity index (χ4n) is 5.12. The molecule has 0 saturated carbocycles. The molecule has 0 spiro atoms. The summed E-state index contributed by atoms with van der Waals surface area (Å²) in [6.45, 7) is 9.76. The number of hydrogen-bond acceptors (Lipinski definition) is 5. The van der Waals surface area contributed by atoms with Crippen LogP contribution in [0, 0.1) is 11.3 Å². The van der Waals surface area contributed by atoms with E-state index in [1.54, 1.807) is 0 Å². The second-order valence-electron chi connectivity index (χ2n) is 11.9. The van der Waals surface area contributed by atoms with Crippen molar-refractivity contribution in [2.24, 2.45) is 11.3 Å². The first-order chi connectivity index (χ1) is 19.5. The van der Waals surface area contributed by atoms with E-state index in [1.807, 2.05) is 81.4 Å². The molecule has 0 fully saturated rings. The SMILES string of the molecule is CCCC(CCC)NC(=O)C[C@@H](C(=O)NC[C@@H](O)[C@H](Cc1ccccc1)N(Cc1ccccc1)C(=O)[O-])C(C)(C)C. The number of hydrogen-bond donors (Lipinski definition) is 3. The maximum atomic E-state index is 13.4. The number of carbonyl (C=O) groups is 3. The number of nitrogens with zero attached hydrogens (tertiary/aromatic N) is 1. The van der Waals surface area contributed by atoms with Gasteiger partial charge in [0.1, 0.15) is 6.09 Å². The summed E-state index contributed by atoms with van der Waals surface area (Å²) in [5, 5.41) is 29.5. The van der Waals surface area contributed by atoms with Crippen LogP contribution in [0.5, 0.6) is 0 Å². The van der Waals surface area contributed by atoms with Gasteiger partial charge in [0.2, 0.25) is 11.8 Å². The van der Waals surface area contributed by atoms with E-state index in [4.69, 9.17) is 0 Å². The number of carboxylic acid groups (broad SMARTS) is 1. The van der Waals surface area contributed by atoms with Crippen molar-refractivity contribution in [2.75, 3.05) is 6.54 Å². The summed E-state index contributed by atoms with van der Waals surface area (Å²) < 4.78 is 0. The number of nitrogens with one attached hydrogen (secondary N) is 2. The first-order valence-corrected chi connectivity index (χ1v) is 14.8. The molecule has 3 N–H and O–H groups in total. The van der Waals surface area contributed by atoms with Crippen LogP contribution in [0.4, 0.5) is 4.79 Å². The maximum absolute atomic E-state index is 13.4. The molecule has 3 atom stereocenters. The Morgan fingerprint density at radius 3 is 1.93 bits per heavy atom. The first kappa shape index (κ1) is 33.8. The van der Waals surface area contributed by atoms with Crippen molar-refractivity contribution in [1.29, 1.82) is 0 Å².